The fraction of sp³-hybridized carbons (Fsp3) is 0.478. The lowest BCUT2D eigenvalue weighted by atomic mass is 9.93. The van der Waals surface area contributed by atoms with Crippen molar-refractivity contribution < 1.29 is 19.6 Å². The lowest BCUT2D eigenvalue weighted by Gasteiger charge is -2.21. The molecule has 1 aromatic heterocycles. The first-order chi connectivity index (χ1) is 14.2. The van der Waals surface area contributed by atoms with Gasteiger partial charge in [-0.1, -0.05) is 52.0 Å². The molecule has 1 aromatic carbocycles. The van der Waals surface area contributed by atoms with Gasteiger partial charge < -0.3 is 21.1 Å². The Morgan fingerprint density at radius 3 is 2.23 bits per heavy atom. The molecule has 0 saturated carbocycles. The SMILES string of the molecule is CCOC(=O)c1c(N)sc(C(=O)NC)c1C[NH2+][C@@H](c1ccc(C(C)C)cc1)C(C)C. The summed E-state index contributed by atoms with van der Waals surface area (Å²) in [6, 6.07) is 8.87. The van der Waals surface area contributed by atoms with Crippen molar-refractivity contribution in [3.05, 3.63) is 51.4 Å². The molecule has 1 atom stereocenters. The quantitative estimate of drug-likeness (QED) is 0.529. The van der Waals surface area contributed by atoms with Crippen LogP contribution in [0, 0.1) is 5.92 Å². The summed E-state index contributed by atoms with van der Waals surface area (Å²) < 4.78 is 5.19. The van der Waals surface area contributed by atoms with Gasteiger partial charge in [0.05, 0.1) is 6.61 Å². The van der Waals surface area contributed by atoms with Crippen molar-refractivity contribution in [1.82, 2.24) is 5.32 Å². The van der Waals surface area contributed by atoms with Crippen molar-refractivity contribution >= 4 is 28.2 Å². The summed E-state index contributed by atoms with van der Waals surface area (Å²) in [5.74, 6) is 0.122. The summed E-state index contributed by atoms with van der Waals surface area (Å²) in [4.78, 5) is 25.4. The first-order valence-corrected chi connectivity index (χ1v) is 11.3. The number of carbonyl (C=O) groups excluding carboxylic acids is 2. The molecule has 0 aliphatic heterocycles. The van der Waals surface area contributed by atoms with Crippen LogP contribution >= 0.6 is 11.3 Å². The number of ether oxygens (including phenoxy) is 1. The number of anilines is 1. The number of carbonyl (C=O) groups is 2. The van der Waals surface area contributed by atoms with Crippen molar-refractivity contribution in [2.75, 3.05) is 19.4 Å². The van der Waals surface area contributed by atoms with Crippen molar-refractivity contribution in [1.29, 1.82) is 0 Å². The maximum absolute atomic E-state index is 12.5. The zero-order valence-corrected chi connectivity index (χ0v) is 19.6. The van der Waals surface area contributed by atoms with Gasteiger partial charge in [0.2, 0.25) is 0 Å². The molecule has 0 radical (unpaired) electrons. The molecule has 6 nitrogen and oxygen atoms in total. The van der Waals surface area contributed by atoms with Gasteiger partial charge in [0.25, 0.3) is 5.91 Å². The number of thiophene rings is 1. The molecule has 0 bridgehead atoms. The number of nitrogens with one attached hydrogen (secondary N) is 1. The number of nitrogens with two attached hydrogens (primary N) is 2. The van der Waals surface area contributed by atoms with E-state index >= 15 is 0 Å². The summed E-state index contributed by atoms with van der Waals surface area (Å²) in [6.45, 7) is 11.2. The van der Waals surface area contributed by atoms with Crippen LogP contribution in [0.4, 0.5) is 5.00 Å². The molecule has 2 rings (SSSR count). The summed E-state index contributed by atoms with van der Waals surface area (Å²) in [6.07, 6.45) is 0. The number of benzene rings is 1. The third-order valence-electron chi connectivity index (χ3n) is 5.23. The van der Waals surface area contributed by atoms with Gasteiger partial charge >= 0.3 is 5.97 Å². The minimum atomic E-state index is -0.479. The van der Waals surface area contributed by atoms with Crippen LogP contribution in [0.1, 0.15) is 83.3 Å². The van der Waals surface area contributed by atoms with Gasteiger partial charge in [-0.05, 0) is 18.4 Å². The van der Waals surface area contributed by atoms with E-state index in [1.807, 2.05) is 0 Å². The van der Waals surface area contributed by atoms with Gasteiger partial charge in [-0.3, -0.25) is 4.79 Å². The maximum Gasteiger partial charge on any atom is 0.341 e. The number of amides is 1. The van der Waals surface area contributed by atoms with Crippen LogP contribution in [0.15, 0.2) is 24.3 Å². The Hall–Kier alpha value is -2.38. The lowest BCUT2D eigenvalue weighted by molar-refractivity contribution is -0.717. The predicted molar refractivity (Wildman–Crippen MR) is 122 cm³/mol. The van der Waals surface area contributed by atoms with Crippen LogP contribution in [0.25, 0.3) is 0 Å². The van der Waals surface area contributed by atoms with E-state index in [2.05, 4.69) is 62.6 Å². The molecule has 30 heavy (non-hydrogen) atoms. The Morgan fingerprint density at radius 1 is 1.13 bits per heavy atom. The summed E-state index contributed by atoms with van der Waals surface area (Å²) in [5, 5.41) is 5.13. The van der Waals surface area contributed by atoms with Crippen LogP contribution in [0.5, 0.6) is 0 Å². The molecule has 1 heterocycles. The van der Waals surface area contributed by atoms with E-state index in [1.54, 1.807) is 14.0 Å². The first-order valence-electron chi connectivity index (χ1n) is 10.4. The highest BCUT2D eigenvalue weighted by Crippen LogP contribution is 2.32. The summed E-state index contributed by atoms with van der Waals surface area (Å²) in [7, 11) is 1.57. The van der Waals surface area contributed by atoms with E-state index in [1.165, 1.54) is 11.1 Å². The Kier molecular flexibility index (Phi) is 8.43. The highest BCUT2D eigenvalue weighted by molar-refractivity contribution is 7.18. The molecule has 0 unspecified atom stereocenters. The lowest BCUT2D eigenvalue weighted by Crippen LogP contribution is -2.85. The van der Waals surface area contributed by atoms with Gasteiger partial charge in [0, 0.05) is 24.1 Å². The zero-order chi connectivity index (χ0) is 22.4. The van der Waals surface area contributed by atoms with Gasteiger partial charge in [-0.25, -0.2) is 4.79 Å². The molecule has 2 aromatic rings. The summed E-state index contributed by atoms with van der Waals surface area (Å²) in [5.41, 5.74) is 9.59. The maximum atomic E-state index is 12.5. The van der Waals surface area contributed by atoms with Crippen LogP contribution < -0.4 is 16.4 Å². The average Bonchev–Trinajstić information content (AvgIpc) is 3.04. The molecular weight excluding hydrogens is 398 g/mol. The molecule has 1 amide bonds. The zero-order valence-electron chi connectivity index (χ0n) is 18.7. The minimum absolute atomic E-state index is 0.180. The first kappa shape index (κ1) is 23.9. The number of nitrogen functional groups attached to an aromatic ring is 1. The van der Waals surface area contributed by atoms with Gasteiger partial charge in [0.15, 0.2) is 0 Å². The third kappa shape index (κ3) is 5.40. The fourth-order valence-electron chi connectivity index (χ4n) is 3.54. The smallest absolute Gasteiger partial charge is 0.341 e. The fourth-order valence-corrected chi connectivity index (χ4v) is 4.58. The molecule has 0 saturated heterocycles. The Labute approximate surface area is 183 Å². The third-order valence-corrected chi connectivity index (χ3v) is 6.29. The normalized spacial score (nSPS) is 12.3. The number of rotatable bonds is 9. The second-order valence-electron chi connectivity index (χ2n) is 7.98. The average molecular weight is 433 g/mol. The topological polar surface area (TPSA) is 98.0 Å². The molecular formula is C23H34N3O3S+. The van der Waals surface area contributed by atoms with Gasteiger partial charge in [0.1, 0.15) is 28.0 Å². The van der Waals surface area contributed by atoms with E-state index in [0.29, 0.717) is 39.4 Å². The molecule has 5 N–H and O–H groups in total. The van der Waals surface area contributed by atoms with Gasteiger partial charge in [-0.15, -0.1) is 11.3 Å². The number of hydrogen-bond acceptors (Lipinski definition) is 5. The van der Waals surface area contributed by atoms with Crippen LogP contribution in [0.3, 0.4) is 0 Å². The van der Waals surface area contributed by atoms with E-state index in [9.17, 15) is 9.59 Å². The van der Waals surface area contributed by atoms with Crippen molar-refractivity contribution in [2.45, 2.75) is 53.1 Å². The molecule has 0 fully saturated rings. The second kappa shape index (κ2) is 10.6. The monoisotopic (exact) mass is 432 g/mol. The molecule has 0 spiro atoms. The Bertz CT molecular complexity index is 873. The summed E-state index contributed by atoms with van der Waals surface area (Å²) >= 11 is 1.13. The molecule has 7 heteroatoms. The Balaban J connectivity index is 2.36. The standard InChI is InChI=1S/C23H33N3O3S/c1-7-29-23(28)18-17(20(22(27)25-6)30-21(18)24)12-26-19(14(4)5)16-10-8-15(9-11-16)13(2)3/h8-11,13-14,19,26H,7,12,24H2,1-6H3,(H,25,27)/p+1/t19-/m1/s1. The van der Waals surface area contributed by atoms with Crippen molar-refractivity contribution in [3.63, 3.8) is 0 Å². The van der Waals surface area contributed by atoms with Crippen molar-refractivity contribution in [2.24, 2.45) is 5.92 Å². The van der Waals surface area contributed by atoms with Crippen LogP contribution in [0.2, 0.25) is 0 Å². The largest absolute Gasteiger partial charge is 0.462 e. The number of esters is 1. The second-order valence-corrected chi connectivity index (χ2v) is 9.03. The van der Waals surface area contributed by atoms with Crippen LogP contribution in [-0.4, -0.2) is 25.5 Å². The van der Waals surface area contributed by atoms with Gasteiger partial charge in [-0.2, -0.15) is 0 Å². The number of quaternary nitrogens is 1. The minimum Gasteiger partial charge on any atom is -0.462 e. The van der Waals surface area contributed by atoms with E-state index in [0.717, 1.165) is 11.3 Å². The van der Waals surface area contributed by atoms with E-state index in [4.69, 9.17) is 10.5 Å². The van der Waals surface area contributed by atoms with Crippen LogP contribution in [-0.2, 0) is 11.3 Å². The number of hydrogen-bond donors (Lipinski definition) is 3. The molecule has 0 aliphatic carbocycles. The highest BCUT2D eigenvalue weighted by Gasteiger charge is 2.29. The van der Waals surface area contributed by atoms with E-state index < -0.39 is 5.97 Å². The van der Waals surface area contributed by atoms with Crippen molar-refractivity contribution in [3.8, 4) is 0 Å². The predicted octanol–water partition coefficient (Wildman–Crippen LogP) is 3.45. The van der Waals surface area contributed by atoms with E-state index in [-0.39, 0.29) is 18.6 Å². The Morgan fingerprint density at radius 2 is 1.73 bits per heavy atom. The molecule has 164 valence electrons. The molecule has 0 aliphatic rings. The highest BCUT2D eigenvalue weighted by atomic mass is 32.1.